The quantitative estimate of drug-likeness (QED) is 0.492. The van der Waals surface area contributed by atoms with Gasteiger partial charge in [0.1, 0.15) is 5.82 Å². The number of thioether (sulfide) groups is 1. The summed E-state index contributed by atoms with van der Waals surface area (Å²) in [5.41, 5.74) is 0. The summed E-state index contributed by atoms with van der Waals surface area (Å²) in [7, 11) is 0. The van der Waals surface area contributed by atoms with Gasteiger partial charge in [-0.15, -0.1) is 21.5 Å². The number of carbonyl (C=O) groups is 2. The fraction of sp³-hybridized carbons (Fsp3) is 0.455. The first-order valence-electron chi connectivity index (χ1n) is 10.8. The monoisotopic (exact) mass is 471 g/mol. The Morgan fingerprint density at radius 2 is 1.94 bits per heavy atom. The predicted molar refractivity (Wildman–Crippen MR) is 122 cm³/mol. The first-order valence-corrected chi connectivity index (χ1v) is 12.6. The molecule has 0 aromatic carbocycles. The molecule has 1 saturated carbocycles. The highest BCUT2D eigenvalue weighted by molar-refractivity contribution is 8.00. The number of aromatic nitrogens is 3. The zero-order valence-corrected chi connectivity index (χ0v) is 19.5. The maximum absolute atomic E-state index is 13.1. The lowest BCUT2D eigenvalue weighted by Gasteiger charge is -2.35. The van der Waals surface area contributed by atoms with Gasteiger partial charge in [0.05, 0.1) is 11.5 Å². The van der Waals surface area contributed by atoms with Crippen molar-refractivity contribution in [1.29, 1.82) is 0 Å². The normalized spacial score (nSPS) is 17.5. The maximum atomic E-state index is 13.1. The summed E-state index contributed by atoms with van der Waals surface area (Å²) in [6.07, 6.45) is 4.54. The van der Waals surface area contributed by atoms with Gasteiger partial charge in [-0.3, -0.25) is 9.59 Å². The van der Waals surface area contributed by atoms with Crippen molar-refractivity contribution in [3.8, 4) is 0 Å². The lowest BCUT2D eigenvalue weighted by Crippen LogP contribution is -2.52. The lowest BCUT2D eigenvalue weighted by atomic mass is 10.2. The van der Waals surface area contributed by atoms with Crippen LogP contribution in [0.5, 0.6) is 0 Å². The number of piperazine rings is 1. The zero-order valence-electron chi connectivity index (χ0n) is 17.8. The number of thiophene rings is 1. The Bertz CT molecular complexity index is 1070. The van der Waals surface area contributed by atoms with Crippen molar-refractivity contribution in [3.63, 3.8) is 0 Å². The summed E-state index contributed by atoms with van der Waals surface area (Å²) in [6, 6.07) is 7.99. The second-order valence-electron chi connectivity index (χ2n) is 8.11. The molecule has 1 saturated heterocycles. The van der Waals surface area contributed by atoms with Crippen LogP contribution in [0.15, 0.2) is 45.5 Å². The Kier molecular flexibility index (Phi) is 6.05. The van der Waals surface area contributed by atoms with E-state index >= 15 is 0 Å². The van der Waals surface area contributed by atoms with Gasteiger partial charge in [0.25, 0.3) is 5.91 Å². The van der Waals surface area contributed by atoms with E-state index in [2.05, 4.69) is 32.3 Å². The number of hydrogen-bond donors (Lipinski definition) is 0. The summed E-state index contributed by atoms with van der Waals surface area (Å²) in [5.74, 6) is 1.26. The fourth-order valence-electron chi connectivity index (χ4n) is 3.93. The van der Waals surface area contributed by atoms with Crippen LogP contribution in [0.2, 0.25) is 0 Å². The molecule has 168 valence electrons. The van der Waals surface area contributed by atoms with E-state index in [4.69, 9.17) is 4.42 Å². The van der Waals surface area contributed by atoms with Gasteiger partial charge in [-0.2, -0.15) is 0 Å². The standard InChI is InChI=1S/C22H25N5O3S2/c1-15(20(28)25-8-10-26(11-9-25)21(29)18-5-2-12-30-18)32-22-24-23-19(27(22)16-6-7-16)14-17-4-3-13-31-17/h2-5,12-13,15-16H,6-11,14H2,1H3/t15-/m1/s1. The minimum absolute atomic E-state index is 0.0743. The minimum Gasteiger partial charge on any atom is -0.459 e. The summed E-state index contributed by atoms with van der Waals surface area (Å²) in [6.45, 7) is 3.99. The summed E-state index contributed by atoms with van der Waals surface area (Å²) in [4.78, 5) is 30.4. The van der Waals surface area contributed by atoms with E-state index in [0.717, 1.165) is 30.2 Å². The molecule has 2 aliphatic rings. The van der Waals surface area contributed by atoms with Crippen molar-refractivity contribution in [3.05, 3.63) is 52.4 Å². The number of nitrogens with zero attached hydrogens (tertiary/aromatic N) is 5. The number of carbonyl (C=O) groups excluding carboxylic acids is 2. The number of rotatable bonds is 7. The van der Waals surface area contributed by atoms with Crippen LogP contribution in [0.25, 0.3) is 0 Å². The van der Waals surface area contributed by atoms with Crippen molar-refractivity contribution >= 4 is 34.9 Å². The Hall–Kier alpha value is -2.59. The van der Waals surface area contributed by atoms with Crippen LogP contribution in [0.4, 0.5) is 0 Å². The first kappa shape index (κ1) is 21.3. The maximum Gasteiger partial charge on any atom is 0.289 e. The molecule has 3 aromatic heterocycles. The molecular formula is C22H25N5O3S2. The van der Waals surface area contributed by atoms with E-state index in [9.17, 15) is 9.59 Å². The van der Waals surface area contributed by atoms with Gasteiger partial charge in [0.15, 0.2) is 10.9 Å². The smallest absolute Gasteiger partial charge is 0.289 e. The molecule has 1 aliphatic heterocycles. The third-order valence-corrected chi connectivity index (χ3v) is 7.72. The van der Waals surface area contributed by atoms with Gasteiger partial charge in [0.2, 0.25) is 5.91 Å². The molecule has 0 unspecified atom stereocenters. The third-order valence-electron chi connectivity index (χ3n) is 5.80. The van der Waals surface area contributed by atoms with Gasteiger partial charge < -0.3 is 18.8 Å². The summed E-state index contributed by atoms with van der Waals surface area (Å²) in [5, 5.41) is 11.5. The van der Waals surface area contributed by atoms with Crippen LogP contribution < -0.4 is 0 Å². The average molecular weight is 472 g/mol. The zero-order chi connectivity index (χ0) is 22.1. The average Bonchev–Trinajstić information content (AvgIpc) is 3.20. The Morgan fingerprint density at radius 1 is 1.16 bits per heavy atom. The van der Waals surface area contributed by atoms with Gasteiger partial charge >= 0.3 is 0 Å². The van der Waals surface area contributed by atoms with Crippen LogP contribution in [0.1, 0.15) is 47.1 Å². The summed E-state index contributed by atoms with van der Waals surface area (Å²) >= 11 is 3.21. The summed E-state index contributed by atoms with van der Waals surface area (Å²) < 4.78 is 7.44. The Labute approximate surface area is 194 Å². The third kappa shape index (κ3) is 4.47. The van der Waals surface area contributed by atoms with Crippen LogP contribution in [0, 0.1) is 0 Å². The van der Waals surface area contributed by atoms with Crippen LogP contribution in [-0.4, -0.2) is 67.8 Å². The van der Waals surface area contributed by atoms with E-state index in [1.165, 1.54) is 22.9 Å². The molecule has 3 aromatic rings. The Morgan fingerprint density at radius 3 is 2.59 bits per heavy atom. The highest BCUT2D eigenvalue weighted by Gasteiger charge is 2.33. The molecule has 0 radical (unpaired) electrons. The molecule has 0 N–H and O–H groups in total. The van der Waals surface area contributed by atoms with E-state index in [1.807, 2.05) is 11.8 Å². The SMILES string of the molecule is C[C@@H](Sc1nnc(Cc2cccs2)n1C1CC1)C(=O)N1CCN(C(=O)c2ccco2)CC1. The van der Waals surface area contributed by atoms with E-state index in [0.29, 0.717) is 38.0 Å². The fourth-order valence-corrected chi connectivity index (χ4v) is 5.65. The highest BCUT2D eigenvalue weighted by atomic mass is 32.2. The van der Waals surface area contributed by atoms with Gasteiger partial charge in [-0.1, -0.05) is 17.8 Å². The molecule has 4 heterocycles. The predicted octanol–water partition coefficient (Wildman–Crippen LogP) is 3.32. The van der Waals surface area contributed by atoms with E-state index < -0.39 is 0 Å². The number of hydrogen-bond acceptors (Lipinski definition) is 7. The van der Waals surface area contributed by atoms with Gasteiger partial charge in [-0.25, -0.2) is 0 Å². The van der Waals surface area contributed by atoms with E-state index in [1.54, 1.807) is 28.4 Å². The van der Waals surface area contributed by atoms with Crippen molar-refractivity contribution in [2.45, 2.75) is 42.6 Å². The number of amides is 2. The molecule has 8 nitrogen and oxygen atoms in total. The largest absolute Gasteiger partial charge is 0.459 e. The van der Waals surface area contributed by atoms with Crippen molar-refractivity contribution < 1.29 is 14.0 Å². The molecule has 10 heteroatoms. The molecule has 2 amide bonds. The topological polar surface area (TPSA) is 84.5 Å². The van der Waals surface area contributed by atoms with Crippen LogP contribution in [0.3, 0.4) is 0 Å². The van der Waals surface area contributed by atoms with E-state index in [-0.39, 0.29) is 17.1 Å². The minimum atomic E-state index is -0.265. The van der Waals surface area contributed by atoms with Crippen molar-refractivity contribution in [1.82, 2.24) is 24.6 Å². The molecule has 32 heavy (non-hydrogen) atoms. The molecule has 5 rings (SSSR count). The van der Waals surface area contributed by atoms with Gasteiger partial charge in [-0.05, 0) is 43.3 Å². The molecular weight excluding hydrogens is 446 g/mol. The molecule has 1 atom stereocenters. The van der Waals surface area contributed by atoms with Gasteiger partial charge in [0, 0.05) is 43.5 Å². The van der Waals surface area contributed by atoms with Crippen LogP contribution >= 0.6 is 23.1 Å². The molecule has 0 spiro atoms. The lowest BCUT2D eigenvalue weighted by molar-refractivity contribution is -0.131. The Balaban J connectivity index is 1.20. The highest BCUT2D eigenvalue weighted by Crippen LogP contribution is 2.40. The molecule has 1 aliphatic carbocycles. The van der Waals surface area contributed by atoms with Crippen molar-refractivity contribution in [2.75, 3.05) is 26.2 Å². The van der Waals surface area contributed by atoms with Crippen LogP contribution in [-0.2, 0) is 11.2 Å². The first-order chi connectivity index (χ1) is 15.6. The second kappa shape index (κ2) is 9.11. The molecule has 2 fully saturated rings. The second-order valence-corrected chi connectivity index (χ2v) is 10.5. The number of furan rings is 1. The van der Waals surface area contributed by atoms with Crippen molar-refractivity contribution in [2.24, 2.45) is 0 Å². The molecule has 0 bridgehead atoms.